The van der Waals surface area contributed by atoms with Crippen LogP contribution in [0.15, 0.2) is 0 Å². The number of piperidine rings is 4. The van der Waals surface area contributed by atoms with Crippen molar-refractivity contribution in [1.29, 1.82) is 0 Å². The molecule has 1 aromatic rings. The molecule has 5 N–H and O–H groups in total. The van der Waals surface area contributed by atoms with Gasteiger partial charge in [-0.05, 0) is 162 Å². The second-order valence-electron chi connectivity index (χ2n) is 22.3. The van der Waals surface area contributed by atoms with Crippen molar-refractivity contribution in [2.24, 2.45) is 0 Å². The molecule has 14 heteroatoms. The van der Waals surface area contributed by atoms with Gasteiger partial charge in [-0.3, -0.25) is 0 Å². The molecule has 0 aromatic carbocycles. The topological polar surface area (TPSA) is 151 Å². The molecule has 0 amide bonds. The summed E-state index contributed by atoms with van der Waals surface area (Å²) < 4.78 is 0. The van der Waals surface area contributed by atoms with Crippen LogP contribution in [-0.4, -0.2) is 132 Å². The fourth-order valence-electron chi connectivity index (χ4n) is 11.6. The van der Waals surface area contributed by atoms with Crippen molar-refractivity contribution >= 4 is 17.8 Å². The number of nitrogens with zero attached hydrogens (tertiary/aromatic N) is 9. The van der Waals surface area contributed by atoms with Crippen molar-refractivity contribution < 1.29 is 20.8 Å². The number of aromatic nitrogens is 3. The number of nitrogens with one attached hydrogen (secondary N) is 1. The highest BCUT2D eigenvalue weighted by atomic mass is 16.5. The van der Waals surface area contributed by atoms with Gasteiger partial charge in [-0.2, -0.15) is 35.2 Å². The molecule has 4 saturated heterocycles. The van der Waals surface area contributed by atoms with Crippen LogP contribution in [0, 0.1) is 0 Å². The Balaban J connectivity index is 1.74. The number of anilines is 3. The average Bonchev–Trinajstić information content (AvgIpc) is 2.99. The molecule has 0 spiro atoms. The maximum absolute atomic E-state index is 11.4. The van der Waals surface area contributed by atoms with E-state index in [1.807, 2.05) is 7.05 Å². The Morgan fingerprint density at radius 3 is 0.759 bits per heavy atom. The standard InChI is InChI=1S/C40H76N10O4/c1-33(2)18-26(19-34(3,4)47(33)51)45(27-20-35(5,6)48(52)36(7,8)21-27)31-42-30(41-17)43-32(44-31)46(28-22-37(9,10)49(53)38(11,12)23-28)29-24-39(13,14)50(54)40(15,16)25-29/h26-29,51-54H,18-25H2,1-17H3,(H,41,42,43,44). The molecule has 1 aromatic heterocycles. The lowest BCUT2D eigenvalue weighted by Crippen LogP contribution is -2.68. The van der Waals surface area contributed by atoms with Crippen molar-refractivity contribution in [2.75, 3.05) is 22.2 Å². The van der Waals surface area contributed by atoms with Gasteiger partial charge in [0.15, 0.2) is 0 Å². The molecule has 0 unspecified atom stereocenters. The molecule has 0 saturated carbocycles. The van der Waals surface area contributed by atoms with Crippen LogP contribution in [0.1, 0.15) is 162 Å². The average molecular weight is 761 g/mol. The number of rotatable bonds is 7. The van der Waals surface area contributed by atoms with Crippen LogP contribution in [0.2, 0.25) is 0 Å². The van der Waals surface area contributed by atoms with Crippen molar-refractivity contribution in [2.45, 2.75) is 231 Å². The first-order chi connectivity index (χ1) is 24.3. The van der Waals surface area contributed by atoms with E-state index >= 15 is 0 Å². The Hall–Kier alpha value is -1.91. The normalized spacial score (nSPS) is 29.2. The third-order valence-electron chi connectivity index (χ3n) is 13.3. The summed E-state index contributed by atoms with van der Waals surface area (Å²) in [5.74, 6) is 1.63. The summed E-state index contributed by atoms with van der Waals surface area (Å²) in [5.41, 5.74) is -4.17. The molecular weight excluding hydrogens is 685 g/mol. The first-order valence-corrected chi connectivity index (χ1v) is 20.3. The fourth-order valence-corrected chi connectivity index (χ4v) is 11.6. The summed E-state index contributed by atoms with van der Waals surface area (Å²) in [6.07, 6.45) is 5.46. The molecule has 14 nitrogen and oxygen atoms in total. The van der Waals surface area contributed by atoms with Gasteiger partial charge in [-0.25, -0.2) is 0 Å². The quantitative estimate of drug-likeness (QED) is 0.191. The molecule has 0 radical (unpaired) electrons. The third-order valence-corrected chi connectivity index (χ3v) is 13.3. The molecule has 54 heavy (non-hydrogen) atoms. The molecule has 4 aliphatic heterocycles. The summed E-state index contributed by atoms with van der Waals surface area (Å²) in [6.45, 7) is 33.5. The molecule has 5 heterocycles. The predicted octanol–water partition coefficient (Wildman–Crippen LogP) is 7.17. The highest BCUT2D eigenvalue weighted by molar-refractivity contribution is 5.49. The van der Waals surface area contributed by atoms with E-state index in [1.165, 1.54) is 20.3 Å². The molecule has 0 aliphatic carbocycles. The third kappa shape index (κ3) is 7.84. The number of hydrogen-bond donors (Lipinski definition) is 5. The Labute approximate surface area is 326 Å². The minimum Gasteiger partial charge on any atom is -0.357 e. The molecule has 4 fully saturated rings. The van der Waals surface area contributed by atoms with E-state index < -0.39 is 44.3 Å². The number of hydroxylamine groups is 8. The second-order valence-corrected chi connectivity index (χ2v) is 22.3. The van der Waals surface area contributed by atoms with Crippen LogP contribution in [0.5, 0.6) is 0 Å². The van der Waals surface area contributed by atoms with E-state index in [-0.39, 0.29) is 24.2 Å². The van der Waals surface area contributed by atoms with E-state index in [0.717, 1.165) is 0 Å². The van der Waals surface area contributed by atoms with Gasteiger partial charge in [-0.1, -0.05) is 0 Å². The fraction of sp³-hybridized carbons (Fsp3) is 0.925. The lowest BCUT2D eigenvalue weighted by Gasteiger charge is -2.58. The van der Waals surface area contributed by atoms with Crippen LogP contribution in [0.25, 0.3) is 0 Å². The largest absolute Gasteiger partial charge is 0.357 e. The van der Waals surface area contributed by atoms with Crippen LogP contribution in [-0.2, 0) is 0 Å². The zero-order valence-corrected chi connectivity index (χ0v) is 36.8. The van der Waals surface area contributed by atoms with Crippen molar-refractivity contribution in [1.82, 2.24) is 35.2 Å². The molecule has 0 bridgehead atoms. The zero-order chi connectivity index (χ0) is 41.0. The van der Waals surface area contributed by atoms with Gasteiger partial charge >= 0.3 is 0 Å². The minimum atomic E-state index is -0.522. The summed E-state index contributed by atoms with van der Waals surface area (Å²) in [4.78, 5) is 20.7. The van der Waals surface area contributed by atoms with Gasteiger partial charge in [-0.15, -0.1) is 0 Å². The summed E-state index contributed by atoms with van der Waals surface area (Å²) in [7, 11) is 1.84. The Morgan fingerprint density at radius 1 is 0.407 bits per heavy atom. The predicted molar refractivity (Wildman–Crippen MR) is 214 cm³/mol. The van der Waals surface area contributed by atoms with Crippen molar-refractivity contribution in [3.8, 4) is 0 Å². The highest BCUT2D eigenvalue weighted by Crippen LogP contribution is 2.48. The van der Waals surface area contributed by atoms with Gasteiger partial charge in [0.05, 0.1) is 0 Å². The van der Waals surface area contributed by atoms with Gasteiger partial charge in [0.1, 0.15) is 0 Å². The van der Waals surface area contributed by atoms with E-state index in [0.29, 0.717) is 69.2 Å². The Kier molecular flexibility index (Phi) is 10.9. The molecular formula is C40H76N10O4. The second kappa shape index (κ2) is 13.6. The molecule has 4 aliphatic rings. The van der Waals surface area contributed by atoms with E-state index in [9.17, 15) is 20.8 Å². The van der Waals surface area contributed by atoms with Crippen LogP contribution in [0.4, 0.5) is 17.8 Å². The molecule has 310 valence electrons. The summed E-state index contributed by atoms with van der Waals surface area (Å²) in [6, 6.07) is -0.112. The maximum atomic E-state index is 11.4. The van der Waals surface area contributed by atoms with E-state index in [2.05, 4.69) is 126 Å². The van der Waals surface area contributed by atoms with Gasteiger partial charge in [0, 0.05) is 75.5 Å². The first kappa shape index (κ1) is 43.2. The first-order valence-electron chi connectivity index (χ1n) is 20.3. The maximum Gasteiger partial charge on any atom is 0.232 e. The summed E-state index contributed by atoms with van der Waals surface area (Å²) >= 11 is 0. The smallest absolute Gasteiger partial charge is 0.232 e. The SMILES string of the molecule is CNc1nc(N(C2CC(C)(C)N(O)C(C)(C)C2)C2CC(C)(C)N(O)C(C)(C)C2)nc(N(C2CC(C)(C)N(O)C(C)(C)C2)C2CC(C)(C)N(O)C(C)(C)C2)n1. The highest BCUT2D eigenvalue weighted by Gasteiger charge is 2.55. The van der Waals surface area contributed by atoms with Crippen LogP contribution in [0.3, 0.4) is 0 Å². The van der Waals surface area contributed by atoms with Gasteiger partial charge < -0.3 is 35.9 Å². The van der Waals surface area contributed by atoms with Crippen LogP contribution >= 0.6 is 0 Å². The Bertz CT molecular complexity index is 1270. The van der Waals surface area contributed by atoms with Gasteiger partial charge in [0.2, 0.25) is 17.8 Å². The lowest BCUT2D eigenvalue weighted by molar-refractivity contribution is -0.251. The lowest BCUT2D eigenvalue weighted by atomic mass is 9.74. The van der Waals surface area contributed by atoms with Crippen molar-refractivity contribution in [3.63, 3.8) is 0 Å². The molecule has 5 rings (SSSR count). The van der Waals surface area contributed by atoms with E-state index in [4.69, 9.17) is 15.0 Å². The van der Waals surface area contributed by atoms with E-state index in [1.54, 1.807) is 0 Å². The van der Waals surface area contributed by atoms with Crippen molar-refractivity contribution in [3.05, 3.63) is 0 Å². The van der Waals surface area contributed by atoms with Gasteiger partial charge in [0.25, 0.3) is 0 Å². The monoisotopic (exact) mass is 761 g/mol. The Morgan fingerprint density at radius 2 is 0.593 bits per heavy atom. The minimum absolute atomic E-state index is 0.0281. The zero-order valence-electron chi connectivity index (χ0n) is 36.8. The number of hydrogen-bond acceptors (Lipinski definition) is 14. The van der Waals surface area contributed by atoms with Crippen LogP contribution < -0.4 is 15.1 Å². The summed E-state index contributed by atoms with van der Waals surface area (Å²) in [5, 5.41) is 55.0. The molecule has 0 atom stereocenters.